The van der Waals surface area contributed by atoms with E-state index in [1.54, 1.807) is 66.7 Å². The highest BCUT2D eigenvalue weighted by atomic mass is 19.1. The van der Waals surface area contributed by atoms with E-state index in [2.05, 4.69) is 5.32 Å². The first-order valence-corrected chi connectivity index (χ1v) is 9.98. The molecule has 0 saturated carbocycles. The Labute approximate surface area is 189 Å². The highest BCUT2D eigenvalue weighted by Crippen LogP contribution is 2.25. The topological polar surface area (TPSA) is 84.9 Å². The first-order chi connectivity index (χ1) is 16.0. The lowest BCUT2D eigenvalue weighted by Gasteiger charge is -2.26. The molecule has 0 bridgehead atoms. The van der Waals surface area contributed by atoms with Crippen LogP contribution in [0.15, 0.2) is 78.4 Å². The zero-order valence-electron chi connectivity index (χ0n) is 17.6. The molecule has 0 aromatic heterocycles. The van der Waals surface area contributed by atoms with Gasteiger partial charge in [0.25, 0.3) is 11.8 Å². The number of barbiturate groups is 1. The largest absolute Gasteiger partial charge is 0.497 e. The van der Waals surface area contributed by atoms with Gasteiger partial charge >= 0.3 is 6.03 Å². The summed E-state index contributed by atoms with van der Waals surface area (Å²) in [5, 5.41) is 2.18. The van der Waals surface area contributed by atoms with Crippen LogP contribution in [0.4, 0.5) is 14.9 Å². The summed E-state index contributed by atoms with van der Waals surface area (Å²) in [5.41, 5.74) is 1.09. The molecule has 33 heavy (non-hydrogen) atoms. The van der Waals surface area contributed by atoms with E-state index < -0.39 is 17.8 Å². The van der Waals surface area contributed by atoms with Gasteiger partial charge in [-0.1, -0.05) is 30.3 Å². The molecule has 0 radical (unpaired) electrons. The number of ether oxygens (including phenoxy) is 2. The summed E-state index contributed by atoms with van der Waals surface area (Å²) >= 11 is 0. The third-order valence-electron chi connectivity index (χ3n) is 4.98. The number of carbonyl (C=O) groups excluding carboxylic acids is 3. The number of benzene rings is 3. The third-order valence-corrected chi connectivity index (χ3v) is 4.98. The number of nitrogens with one attached hydrogen (secondary N) is 1. The zero-order valence-corrected chi connectivity index (χ0v) is 17.6. The van der Waals surface area contributed by atoms with E-state index in [1.807, 2.05) is 0 Å². The lowest BCUT2D eigenvalue weighted by molar-refractivity contribution is -0.122. The zero-order chi connectivity index (χ0) is 23.4. The number of amides is 4. The van der Waals surface area contributed by atoms with Crippen molar-refractivity contribution in [2.24, 2.45) is 0 Å². The van der Waals surface area contributed by atoms with Crippen molar-refractivity contribution in [3.8, 4) is 11.5 Å². The molecule has 4 amide bonds. The van der Waals surface area contributed by atoms with E-state index in [0.717, 1.165) is 4.90 Å². The van der Waals surface area contributed by atoms with E-state index in [4.69, 9.17) is 9.47 Å². The summed E-state index contributed by atoms with van der Waals surface area (Å²) in [6.45, 7) is 0.0624. The summed E-state index contributed by atoms with van der Waals surface area (Å²) in [5.74, 6) is -0.817. The second-order valence-corrected chi connectivity index (χ2v) is 7.10. The molecule has 1 fully saturated rings. The summed E-state index contributed by atoms with van der Waals surface area (Å²) in [7, 11) is 1.50. The fourth-order valence-corrected chi connectivity index (χ4v) is 3.23. The minimum absolute atomic E-state index is 0.0624. The standard InChI is InChI=1S/C25H19FN2O5/c1-32-19-12-8-18(9-13-19)28-24(30)21(23(29)27-25(28)31)14-16-6-10-20(11-7-16)33-15-17-4-2-3-5-22(17)26/h2-14H,15H2,1H3,(H,27,29,31). The van der Waals surface area contributed by atoms with Crippen LogP contribution in [0.2, 0.25) is 0 Å². The predicted molar refractivity (Wildman–Crippen MR) is 119 cm³/mol. The average molecular weight is 446 g/mol. The second kappa shape index (κ2) is 9.35. The number of methoxy groups -OCH3 is 1. The van der Waals surface area contributed by atoms with Crippen molar-refractivity contribution in [3.63, 3.8) is 0 Å². The second-order valence-electron chi connectivity index (χ2n) is 7.10. The van der Waals surface area contributed by atoms with Crippen molar-refractivity contribution < 1.29 is 28.2 Å². The Bertz CT molecular complexity index is 1240. The van der Waals surface area contributed by atoms with Gasteiger partial charge in [0.1, 0.15) is 29.5 Å². The monoisotopic (exact) mass is 446 g/mol. The van der Waals surface area contributed by atoms with Gasteiger partial charge < -0.3 is 9.47 Å². The molecule has 1 heterocycles. The number of urea groups is 1. The van der Waals surface area contributed by atoms with Crippen molar-refractivity contribution in [2.45, 2.75) is 6.61 Å². The highest BCUT2D eigenvalue weighted by molar-refractivity contribution is 6.39. The summed E-state index contributed by atoms with van der Waals surface area (Å²) in [6.07, 6.45) is 1.39. The Morgan fingerprint density at radius 1 is 0.909 bits per heavy atom. The van der Waals surface area contributed by atoms with Crippen molar-refractivity contribution in [1.29, 1.82) is 0 Å². The molecule has 4 rings (SSSR count). The summed E-state index contributed by atoms with van der Waals surface area (Å²) < 4.78 is 24.4. The van der Waals surface area contributed by atoms with Crippen LogP contribution in [0.25, 0.3) is 6.08 Å². The van der Waals surface area contributed by atoms with Crippen LogP contribution in [0, 0.1) is 5.82 Å². The molecule has 0 atom stereocenters. The lowest BCUT2D eigenvalue weighted by atomic mass is 10.1. The Balaban J connectivity index is 1.51. The highest BCUT2D eigenvalue weighted by Gasteiger charge is 2.36. The van der Waals surface area contributed by atoms with Crippen LogP contribution < -0.4 is 19.7 Å². The van der Waals surface area contributed by atoms with Gasteiger partial charge in [0.05, 0.1) is 12.8 Å². The number of halogens is 1. The van der Waals surface area contributed by atoms with E-state index in [9.17, 15) is 18.8 Å². The van der Waals surface area contributed by atoms with Crippen molar-refractivity contribution in [2.75, 3.05) is 12.0 Å². The van der Waals surface area contributed by atoms with E-state index in [-0.39, 0.29) is 18.0 Å². The molecule has 3 aromatic carbocycles. The number of hydrogen-bond donors (Lipinski definition) is 1. The molecule has 0 aliphatic carbocycles. The van der Waals surface area contributed by atoms with Gasteiger partial charge in [-0.05, 0) is 54.1 Å². The quantitative estimate of drug-likeness (QED) is 0.456. The smallest absolute Gasteiger partial charge is 0.335 e. The maximum Gasteiger partial charge on any atom is 0.335 e. The van der Waals surface area contributed by atoms with Crippen molar-refractivity contribution in [3.05, 3.63) is 95.3 Å². The van der Waals surface area contributed by atoms with Crippen molar-refractivity contribution >= 4 is 29.6 Å². The number of hydrogen-bond acceptors (Lipinski definition) is 5. The molecule has 3 aromatic rings. The fraction of sp³-hybridized carbons (Fsp3) is 0.0800. The number of imide groups is 2. The Hall–Kier alpha value is -4.46. The maximum absolute atomic E-state index is 13.7. The van der Waals surface area contributed by atoms with Gasteiger partial charge in [-0.2, -0.15) is 0 Å². The molecule has 0 unspecified atom stereocenters. The average Bonchev–Trinajstić information content (AvgIpc) is 2.82. The minimum Gasteiger partial charge on any atom is -0.497 e. The Morgan fingerprint density at radius 3 is 2.24 bits per heavy atom. The normalized spacial score (nSPS) is 14.9. The molecule has 1 aliphatic heterocycles. The van der Waals surface area contributed by atoms with E-state index in [1.165, 1.54) is 19.3 Å². The molecule has 1 saturated heterocycles. The van der Waals surface area contributed by atoms with Crippen LogP contribution in [-0.2, 0) is 16.2 Å². The van der Waals surface area contributed by atoms with E-state index in [0.29, 0.717) is 28.3 Å². The number of carbonyl (C=O) groups is 3. The predicted octanol–water partition coefficient (Wildman–Crippen LogP) is 4.08. The molecule has 1 N–H and O–H groups in total. The summed E-state index contributed by atoms with van der Waals surface area (Å²) in [6, 6.07) is 18.4. The first-order valence-electron chi connectivity index (χ1n) is 9.98. The van der Waals surface area contributed by atoms with E-state index >= 15 is 0 Å². The summed E-state index contributed by atoms with van der Waals surface area (Å²) in [4.78, 5) is 38.5. The third kappa shape index (κ3) is 4.74. The van der Waals surface area contributed by atoms with Gasteiger partial charge in [-0.15, -0.1) is 0 Å². The van der Waals surface area contributed by atoms with Crippen LogP contribution >= 0.6 is 0 Å². The molecule has 1 aliphatic rings. The van der Waals surface area contributed by atoms with Crippen LogP contribution in [0.3, 0.4) is 0 Å². The molecule has 7 nitrogen and oxygen atoms in total. The molecule has 8 heteroatoms. The maximum atomic E-state index is 13.7. The van der Waals surface area contributed by atoms with Gasteiger partial charge in [0, 0.05) is 5.56 Å². The van der Waals surface area contributed by atoms with Gasteiger partial charge in [-0.25, -0.2) is 14.1 Å². The number of rotatable bonds is 6. The van der Waals surface area contributed by atoms with Gasteiger partial charge in [0.2, 0.25) is 0 Å². The van der Waals surface area contributed by atoms with Gasteiger partial charge in [0.15, 0.2) is 0 Å². The van der Waals surface area contributed by atoms with Crippen LogP contribution in [0.5, 0.6) is 11.5 Å². The van der Waals surface area contributed by atoms with Crippen LogP contribution in [0.1, 0.15) is 11.1 Å². The molecular formula is C25H19FN2O5. The molecular weight excluding hydrogens is 427 g/mol. The van der Waals surface area contributed by atoms with Crippen LogP contribution in [-0.4, -0.2) is 25.0 Å². The Kier molecular flexibility index (Phi) is 6.17. The first kappa shape index (κ1) is 21.8. The number of anilines is 1. The SMILES string of the molecule is COc1ccc(N2C(=O)NC(=O)C(=Cc3ccc(OCc4ccccc4F)cc3)C2=O)cc1. The Morgan fingerprint density at radius 2 is 1.58 bits per heavy atom. The molecule has 166 valence electrons. The number of nitrogens with zero attached hydrogens (tertiary/aromatic N) is 1. The molecule has 0 spiro atoms. The minimum atomic E-state index is -0.829. The van der Waals surface area contributed by atoms with Gasteiger partial charge in [-0.3, -0.25) is 14.9 Å². The fourth-order valence-electron chi connectivity index (χ4n) is 3.23. The lowest BCUT2D eigenvalue weighted by Crippen LogP contribution is -2.54. The van der Waals surface area contributed by atoms with Crippen molar-refractivity contribution in [1.82, 2.24) is 5.32 Å².